The predicted octanol–water partition coefficient (Wildman–Crippen LogP) is -0.0208. The lowest BCUT2D eigenvalue weighted by molar-refractivity contribution is -0.143. The zero-order valence-corrected chi connectivity index (χ0v) is 20.8. The largest absolute Gasteiger partial charge is 0.481 e. The number of nitrogens with one attached hydrogen (secondary N) is 3. The van der Waals surface area contributed by atoms with Crippen molar-refractivity contribution >= 4 is 41.4 Å². The number of carbonyl (C=O) groups is 5. The molecule has 0 aliphatic carbocycles. The van der Waals surface area contributed by atoms with E-state index in [1.165, 1.54) is 11.8 Å². The summed E-state index contributed by atoms with van der Waals surface area (Å²) in [6, 6.07) is 4.14. The highest BCUT2D eigenvalue weighted by Gasteiger charge is 2.32. The van der Waals surface area contributed by atoms with E-state index in [1.807, 2.05) is 6.07 Å². The Bertz CT molecular complexity index is 882. The Hall–Kier alpha value is -3.12. The first-order chi connectivity index (χ1) is 16.5. The monoisotopic (exact) mass is 510 g/mol. The van der Waals surface area contributed by atoms with Gasteiger partial charge >= 0.3 is 11.9 Å². The van der Waals surface area contributed by atoms with E-state index in [4.69, 9.17) is 5.73 Å². The van der Waals surface area contributed by atoms with Gasteiger partial charge in [0.1, 0.15) is 18.1 Å². The Morgan fingerprint density at radius 1 is 0.914 bits per heavy atom. The molecule has 0 spiro atoms. The van der Waals surface area contributed by atoms with E-state index in [9.17, 15) is 34.2 Å². The van der Waals surface area contributed by atoms with E-state index in [-0.39, 0.29) is 12.8 Å². The fraction of sp³-hybridized carbons (Fsp3) is 0.522. The van der Waals surface area contributed by atoms with E-state index < -0.39 is 66.2 Å². The first-order valence-corrected chi connectivity index (χ1v) is 12.5. The van der Waals surface area contributed by atoms with E-state index in [2.05, 4.69) is 16.0 Å². The summed E-state index contributed by atoms with van der Waals surface area (Å²) in [5.74, 6) is -4.81. The number of carbonyl (C=O) groups excluding carboxylic acids is 3. The van der Waals surface area contributed by atoms with Crippen LogP contribution >= 0.6 is 11.8 Å². The van der Waals surface area contributed by atoms with Gasteiger partial charge in [-0.25, -0.2) is 4.79 Å². The number of benzene rings is 1. The van der Waals surface area contributed by atoms with Crippen LogP contribution in [0.2, 0.25) is 0 Å². The van der Waals surface area contributed by atoms with Crippen LogP contribution < -0.4 is 21.7 Å². The minimum absolute atomic E-state index is 0.178. The molecule has 11 nitrogen and oxygen atoms in total. The zero-order valence-electron chi connectivity index (χ0n) is 20.0. The molecule has 35 heavy (non-hydrogen) atoms. The van der Waals surface area contributed by atoms with Gasteiger partial charge in [0.15, 0.2) is 0 Å². The van der Waals surface area contributed by atoms with E-state index in [0.717, 1.165) is 5.56 Å². The minimum atomic E-state index is -1.48. The fourth-order valence-electron chi connectivity index (χ4n) is 3.17. The number of hydrogen-bond acceptors (Lipinski definition) is 7. The summed E-state index contributed by atoms with van der Waals surface area (Å²) in [6.45, 7) is 3.28. The maximum atomic E-state index is 12.9. The molecule has 0 saturated heterocycles. The molecule has 3 amide bonds. The average Bonchev–Trinajstić information content (AvgIpc) is 2.79. The van der Waals surface area contributed by atoms with E-state index >= 15 is 0 Å². The Labute approximate surface area is 208 Å². The number of hydrogen-bond donors (Lipinski definition) is 6. The maximum absolute atomic E-state index is 12.9. The third-order valence-electron chi connectivity index (χ3n) is 5.12. The summed E-state index contributed by atoms with van der Waals surface area (Å²) in [5, 5.41) is 25.8. The van der Waals surface area contributed by atoms with Crippen molar-refractivity contribution in [3.63, 3.8) is 0 Å². The van der Waals surface area contributed by atoms with Crippen molar-refractivity contribution in [3.05, 3.63) is 35.9 Å². The first-order valence-electron chi connectivity index (χ1n) is 11.1. The summed E-state index contributed by atoms with van der Waals surface area (Å²) in [6.07, 6.45) is 1.45. The van der Waals surface area contributed by atoms with Gasteiger partial charge in [0.2, 0.25) is 17.7 Å². The van der Waals surface area contributed by atoms with Crippen LogP contribution in [0.4, 0.5) is 0 Å². The van der Waals surface area contributed by atoms with E-state index in [1.54, 1.807) is 44.4 Å². The average molecular weight is 511 g/mol. The molecule has 0 heterocycles. The summed E-state index contributed by atoms with van der Waals surface area (Å²) >= 11 is 1.43. The smallest absolute Gasteiger partial charge is 0.326 e. The summed E-state index contributed by atoms with van der Waals surface area (Å²) < 4.78 is 0. The molecule has 0 aliphatic rings. The van der Waals surface area contributed by atoms with Gasteiger partial charge in [-0.3, -0.25) is 19.2 Å². The van der Waals surface area contributed by atoms with Gasteiger partial charge in [0.05, 0.1) is 12.5 Å². The molecule has 1 aromatic rings. The van der Waals surface area contributed by atoms with Gasteiger partial charge in [0.25, 0.3) is 0 Å². The molecule has 4 atom stereocenters. The molecule has 4 unspecified atom stereocenters. The van der Waals surface area contributed by atoms with Crippen molar-refractivity contribution in [2.45, 2.75) is 57.3 Å². The number of aliphatic carboxylic acids is 2. The second kappa shape index (κ2) is 15.0. The van der Waals surface area contributed by atoms with E-state index in [0.29, 0.717) is 5.75 Å². The number of carboxylic acids is 2. The van der Waals surface area contributed by atoms with Crippen LogP contribution in [0.5, 0.6) is 0 Å². The Morgan fingerprint density at radius 3 is 2.03 bits per heavy atom. The molecule has 0 saturated carbocycles. The highest BCUT2D eigenvalue weighted by atomic mass is 32.2. The molecule has 0 aromatic heterocycles. The van der Waals surface area contributed by atoms with Crippen molar-refractivity contribution in [2.24, 2.45) is 11.7 Å². The molecule has 7 N–H and O–H groups in total. The zero-order chi connectivity index (χ0) is 26.5. The molecule has 0 aliphatic heterocycles. The van der Waals surface area contributed by atoms with Gasteiger partial charge in [0, 0.05) is 0 Å². The molecule has 1 aromatic carbocycles. The summed E-state index contributed by atoms with van der Waals surface area (Å²) in [5.41, 5.74) is 6.73. The van der Waals surface area contributed by atoms with Crippen LogP contribution in [0.15, 0.2) is 30.3 Å². The number of carboxylic acid groups (broad SMARTS) is 2. The topological polar surface area (TPSA) is 188 Å². The minimum Gasteiger partial charge on any atom is -0.481 e. The molecule has 1 rings (SSSR count). The van der Waals surface area contributed by atoms with Crippen molar-refractivity contribution in [2.75, 3.05) is 12.0 Å². The molecule has 0 bridgehead atoms. The van der Waals surface area contributed by atoms with Crippen LogP contribution in [0.25, 0.3) is 0 Å². The maximum Gasteiger partial charge on any atom is 0.326 e. The van der Waals surface area contributed by atoms with Gasteiger partial charge in [-0.15, -0.1) is 0 Å². The van der Waals surface area contributed by atoms with Gasteiger partial charge in [-0.1, -0.05) is 44.2 Å². The van der Waals surface area contributed by atoms with Crippen molar-refractivity contribution in [3.8, 4) is 0 Å². The third-order valence-corrected chi connectivity index (χ3v) is 5.76. The summed E-state index contributed by atoms with van der Waals surface area (Å²) in [4.78, 5) is 61.0. The van der Waals surface area contributed by atoms with Crippen molar-refractivity contribution < 1.29 is 34.2 Å². The number of nitrogens with two attached hydrogens (primary N) is 1. The second-order valence-corrected chi connectivity index (χ2v) is 9.35. The quantitative estimate of drug-likeness (QED) is 0.188. The number of amides is 3. The third kappa shape index (κ3) is 10.8. The lowest BCUT2D eigenvalue weighted by atomic mass is 10.0. The lowest BCUT2D eigenvalue weighted by Gasteiger charge is -2.26. The molecular weight excluding hydrogens is 476 g/mol. The lowest BCUT2D eigenvalue weighted by Crippen LogP contribution is -2.59. The fourth-order valence-corrected chi connectivity index (χ4v) is 3.64. The van der Waals surface area contributed by atoms with Crippen LogP contribution in [-0.2, 0) is 30.4 Å². The van der Waals surface area contributed by atoms with Gasteiger partial charge < -0.3 is 31.9 Å². The Balaban J connectivity index is 2.91. The van der Waals surface area contributed by atoms with Crippen molar-refractivity contribution in [1.29, 1.82) is 0 Å². The highest BCUT2D eigenvalue weighted by Crippen LogP contribution is 2.08. The molecule has 0 radical (unpaired) electrons. The Morgan fingerprint density at radius 2 is 1.51 bits per heavy atom. The molecule has 0 fully saturated rings. The summed E-state index contributed by atoms with van der Waals surface area (Å²) in [7, 11) is 0. The van der Waals surface area contributed by atoms with Gasteiger partial charge in [-0.2, -0.15) is 11.8 Å². The second-order valence-electron chi connectivity index (χ2n) is 8.37. The van der Waals surface area contributed by atoms with Gasteiger partial charge in [-0.05, 0) is 36.3 Å². The van der Waals surface area contributed by atoms with Crippen LogP contribution in [0.3, 0.4) is 0 Å². The standard InChI is InChI=1S/C23H34N4O7S/c1-13(2)19(22(32)25-16(23(33)34)9-10-35-3)27-21(31)17(12-18(28)29)26-20(30)15(24)11-14-7-5-4-6-8-14/h4-8,13,15-17,19H,9-12,24H2,1-3H3,(H,25,32)(H,26,30)(H,27,31)(H,28,29)(H,33,34). The molecular formula is C23H34N4O7S. The SMILES string of the molecule is CSCCC(NC(=O)C(NC(=O)C(CC(=O)O)NC(=O)C(N)Cc1ccccc1)C(C)C)C(=O)O. The van der Waals surface area contributed by atoms with Crippen LogP contribution in [0.1, 0.15) is 32.3 Å². The highest BCUT2D eigenvalue weighted by molar-refractivity contribution is 7.98. The Kier molecular flexibility index (Phi) is 12.8. The van der Waals surface area contributed by atoms with Crippen LogP contribution in [-0.4, -0.2) is 76.0 Å². The normalized spacial score (nSPS) is 14.3. The van der Waals surface area contributed by atoms with Crippen molar-refractivity contribution in [1.82, 2.24) is 16.0 Å². The molecule has 12 heteroatoms. The number of rotatable bonds is 15. The molecule has 194 valence electrons. The number of thioether (sulfide) groups is 1. The van der Waals surface area contributed by atoms with Crippen LogP contribution in [0, 0.1) is 5.92 Å². The first kappa shape index (κ1) is 29.9. The predicted molar refractivity (Wildman–Crippen MR) is 132 cm³/mol.